The lowest BCUT2D eigenvalue weighted by Crippen LogP contribution is -2.40. The molecule has 1 saturated heterocycles. The van der Waals surface area contributed by atoms with E-state index in [0.717, 1.165) is 6.42 Å². The van der Waals surface area contributed by atoms with Crippen molar-refractivity contribution < 1.29 is 23.7 Å². The van der Waals surface area contributed by atoms with Crippen molar-refractivity contribution in [3.8, 4) is 0 Å². The third-order valence-corrected chi connectivity index (χ3v) is 2.47. The fourth-order valence-electron chi connectivity index (χ4n) is 1.67. The number of hydrogen-bond acceptors (Lipinski definition) is 5. The number of rotatable bonds is 6. The van der Waals surface area contributed by atoms with Crippen LogP contribution in [-0.4, -0.2) is 38.8 Å². The highest BCUT2D eigenvalue weighted by Gasteiger charge is 2.41. The second-order valence-corrected chi connectivity index (χ2v) is 4.00. The summed E-state index contributed by atoms with van der Waals surface area (Å²) >= 11 is 0. The van der Waals surface area contributed by atoms with Gasteiger partial charge in [-0.15, -0.1) is 0 Å². The van der Waals surface area contributed by atoms with E-state index < -0.39 is 5.60 Å². The van der Waals surface area contributed by atoms with Crippen LogP contribution in [0.5, 0.6) is 0 Å². The van der Waals surface area contributed by atoms with Crippen molar-refractivity contribution in [3.05, 3.63) is 0 Å². The Morgan fingerprint density at radius 3 is 2.81 bits per heavy atom. The first-order valence-corrected chi connectivity index (χ1v) is 5.48. The smallest absolute Gasteiger partial charge is 0.306 e. The highest BCUT2D eigenvalue weighted by Crippen LogP contribution is 2.27. The SMILES string of the molecule is BOCC1(COC(=O)CCC)CCC(=O)O1. The fourth-order valence-corrected chi connectivity index (χ4v) is 1.67. The largest absolute Gasteiger partial charge is 0.461 e. The van der Waals surface area contributed by atoms with Gasteiger partial charge < -0.3 is 14.1 Å². The molecule has 90 valence electrons. The summed E-state index contributed by atoms with van der Waals surface area (Å²) in [6.45, 7) is 2.26. The molecule has 0 saturated carbocycles. The van der Waals surface area contributed by atoms with E-state index in [1.165, 1.54) is 8.05 Å². The summed E-state index contributed by atoms with van der Waals surface area (Å²) in [6.07, 6.45) is 2.03. The van der Waals surface area contributed by atoms with Crippen LogP contribution in [0.2, 0.25) is 0 Å². The van der Waals surface area contributed by atoms with Crippen molar-refractivity contribution in [1.82, 2.24) is 0 Å². The molecule has 16 heavy (non-hydrogen) atoms. The van der Waals surface area contributed by atoms with Gasteiger partial charge >= 0.3 is 11.9 Å². The Morgan fingerprint density at radius 1 is 1.56 bits per heavy atom. The molecule has 0 N–H and O–H groups in total. The van der Waals surface area contributed by atoms with Crippen molar-refractivity contribution in [3.63, 3.8) is 0 Å². The third-order valence-electron chi connectivity index (χ3n) is 2.47. The zero-order valence-corrected chi connectivity index (χ0v) is 9.78. The van der Waals surface area contributed by atoms with Crippen LogP contribution < -0.4 is 0 Å². The maximum absolute atomic E-state index is 11.2. The number of carbonyl (C=O) groups excluding carboxylic acids is 2. The van der Waals surface area contributed by atoms with Gasteiger partial charge in [-0.1, -0.05) is 6.92 Å². The van der Waals surface area contributed by atoms with Gasteiger partial charge in [-0.05, 0) is 6.42 Å². The first kappa shape index (κ1) is 13.0. The van der Waals surface area contributed by atoms with Crippen molar-refractivity contribution in [1.29, 1.82) is 0 Å². The molecule has 1 heterocycles. The van der Waals surface area contributed by atoms with Crippen LogP contribution in [0.15, 0.2) is 0 Å². The van der Waals surface area contributed by atoms with Gasteiger partial charge in [-0.3, -0.25) is 9.59 Å². The van der Waals surface area contributed by atoms with E-state index in [2.05, 4.69) is 0 Å². The van der Waals surface area contributed by atoms with Gasteiger partial charge in [-0.25, -0.2) is 0 Å². The molecule has 1 aliphatic heterocycles. The normalized spacial score (nSPS) is 24.2. The number of cyclic esters (lactones) is 1. The van der Waals surface area contributed by atoms with Gasteiger partial charge in [0, 0.05) is 19.3 Å². The quantitative estimate of drug-likeness (QED) is 0.472. The van der Waals surface area contributed by atoms with E-state index in [0.29, 0.717) is 19.3 Å². The summed E-state index contributed by atoms with van der Waals surface area (Å²) < 4.78 is 15.3. The Morgan fingerprint density at radius 2 is 2.31 bits per heavy atom. The molecule has 0 radical (unpaired) electrons. The monoisotopic (exact) mass is 228 g/mol. The average Bonchev–Trinajstić information content (AvgIpc) is 2.59. The second-order valence-electron chi connectivity index (χ2n) is 4.00. The summed E-state index contributed by atoms with van der Waals surface area (Å²) in [7, 11) is 1.53. The summed E-state index contributed by atoms with van der Waals surface area (Å²) in [6, 6.07) is 0. The molecule has 0 amide bonds. The van der Waals surface area contributed by atoms with Gasteiger partial charge in [0.2, 0.25) is 0 Å². The van der Waals surface area contributed by atoms with Crippen molar-refractivity contribution >= 4 is 20.0 Å². The van der Waals surface area contributed by atoms with E-state index in [4.69, 9.17) is 14.1 Å². The van der Waals surface area contributed by atoms with Crippen LogP contribution in [0.4, 0.5) is 0 Å². The number of ether oxygens (including phenoxy) is 2. The van der Waals surface area contributed by atoms with E-state index in [1.807, 2.05) is 6.92 Å². The predicted octanol–water partition coefficient (Wildman–Crippen LogP) is -0.0298. The zero-order chi connectivity index (χ0) is 12.0. The second kappa shape index (κ2) is 5.89. The molecule has 5 nitrogen and oxygen atoms in total. The van der Waals surface area contributed by atoms with E-state index in [-0.39, 0.29) is 25.2 Å². The Bertz CT molecular complexity index is 268. The molecule has 0 spiro atoms. The molecule has 0 aromatic rings. The maximum Gasteiger partial charge on any atom is 0.306 e. The van der Waals surface area contributed by atoms with Gasteiger partial charge in [-0.2, -0.15) is 0 Å². The van der Waals surface area contributed by atoms with Gasteiger partial charge in [0.05, 0.1) is 6.61 Å². The molecular formula is C10H17BO5. The number of carbonyl (C=O) groups is 2. The van der Waals surface area contributed by atoms with Crippen molar-refractivity contribution in [2.45, 2.75) is 38.2 Å². The third kappa shape index (κ3) is 3.52. The molecule has 0 aliphatic carbocycles. The van der Waals surface area contributed by atoms with Gasteiger partial charge in [0.1, 0.15) is 6.61 Å². The molecule has 0 aromatic carbocycles. The van der Waals surface area contributed by atoms with E-state index >= 15 is 0 Å². The van der Waals surface area contributed by atoms with Crippen LogP contribution in [0.1, 0.15) is 32.6 Å². The molecule has 6 heteroatoms. The lowest BCUT2D eigenvalue weighted by atomic mass is 10.0. The molecular weight excluding hydrogens is 211 g/mol. The lowest BCUT2D eigenvalue weighted by Gasteiger charge is -2.26. The molecule has 0 bridgehead atoms. The maximum atomic E-state index is 11.2. The van der Waals surface area contributed by atoms with Crippen LogP contribution in [0.3, 0.4) is 0 Å². The minimum Gasteiger partial charge on any atom is -0.461 e. The summed E-state index contributed by atoms with van der Waals surface area (Å²) in [5.74, 6) is -0.524. The van der Waals surface area contributed by atoms with Crippen LogP contribution in [0, 0.1) is 0 Å². The Hall–Kier alpha value is -1.04. The number of esters is 2. The van der Waals surface area contributed by atoms with Crippen LogP contribution in [0.25, 0.3) is 0 Å². The Kier molecular flexibility index (Phi) is 4.80. The lowest BCUT2D eigenvalue weighted by molar-refractivity contribution is -0.165. The minimum atomic E-state index is -0.769. The zero-order valence-electron chi connectivity index (χ0n) is 9.78. The van der Waals surface area contributed by atoms with Crippen molar-refractivity contribution in [2.75, 3.05) is 13.2 Å². The standard InChI is InChI=1S/C10H17BO5/c1-2-3-8(12)14-6-10(7-15-11)5-4-9(13)16-10/h2-7,11H2,1H3. The first-order valence-electron chi connectivity index (χ1n) is 5.48. The average molecular weight is 228 g/mol. The summed E-state index contributed by atoms with van der Waals surface area (Å²) in [5, 5.41) is 0. The van der Waals surface area contributed by atoms with Crippen LogP contribution >= 0.6 is 0 Å². The molecule has 1 unspecified atom stereocenters. The molecule has 1 rings (SSSR count). The summed E-state index contributed by atoms with van der Waals surface area (Å²) in [4.78, 5) is 22.3. The van der Waals surface area contributed by atoms with Gasteiger partial charge in [0.15, 0.2) is 5.60 Å². The van der Waals surface area contributed by atoms with E-state index in [1.54, 1.807) is 0 Å². The minimum absolute atomic E-state index is 0.0887. The molecule has 1 fully saturated rings. The van der Waals surface area contributed by atoms with E-state index in [9.17, 15) is 9.59 Å². The Labute approximate surface area is 95.9 Å². The highest BCUT2D eigenvalue weighted by atomic mass is 16.6. The molecule has 0 aromatic heterocycles. The van der Waals surface area contributed by atoms with Crippen molar-refractivity contribution in [2.24, 2.45) is 0 Å². The first-order chi connectivity index (χ1) is 7.62. The topological polar surface area (TPSA) is 61.8 Å². The summed E-state index contributed by atoms with van der Waals surface area (Å²) in [5.41, 5.74) is -0.769. The highest BCUT2D eigenvalue weighted by molar-refractivity contribution is 5.98. The molecule has 1 aliphatic rings. The van der Waals surface area contributed by atoms with Crippen LogP contribution in [-0.2, 0) is 23.7 Å². The predicted molar refractivity (Wildman–Crippen MR) is 58.4 cm³/mol. The number of hydrogen-bond donors (Lipinski definition) is 0. The Balaban J connectivity index is 2.45. The molecule has 1 atom stereocenters. The fraction of sp³-hybridized carbons (Fsp3) is 0.800. The van der Waals surface area contributed by atoms with Gasteiger partial charge in [0.25, 0.3) is 8.05 Å².